The highest BCUT2D eigenvalue weighted by Crippen LogP contribution is 2.34. The Labute approximate surface area is 108 Å². The van der Waals surface area contributed by atoms with E-state index in [-0.39, 0.29) is 11.9 Å². The van der Waals surface area contributed by atoms with Crippen molar-refractivity contribution >= 4 is 17.4 Å². The molecule has 0 saturated heterocycles. The Morgan fingerprint density at radius 1 is 1.44 bits per heavy atom. The van der Waals surface area contributed by atoms with E-state index in [1.807, 2.05) is 6.92 Å². The van der Waals surface area contributed by atoms with Gasteiger partial charge in [0.25, 0.3) is 0 Å². The number of carbonyl (C=O) groups excluding carboxylic acids is 1. The van der Waals surface area contributed by atoms with Crippen LogP contribution >= 0.6 is 11.6 Å². The van der Waals surface area contributed by atoms with Gasteiger partial charge in [-0.05, 0) is 25.1 Å². The zero-order valence-corrected chi connectivity index (χ0v) is 10.3. The molecule has 0 fully saturated rings. The number of halogens is 1. The van der Waals surface area contributed by atoms with E-state index in [0.717, 1.165) is 0 Å². The Hall–Kier alpha value is -1.88. The quantitative estimate of drug-likeness (QED) is 0.791. The Morgan fingerprint density at radius 2 is 2.28 bits per heavy atom. The fourth-order valence-corrected chi connectivity index (χ4v) is 2.30. The van der Waals surface area contributed by atoms with E-state index in [1.54, 1.807) is 18.2 Å². The van der Waals surface area contributed by atoms with Crippen LogP contribution in [-0.4, -0.2) is 26.7 Å². The predicted molar refractivity (Wildman–Crippen MR) is 64.9 cm³/mol. The minimum absolute atomic E-state index is 0.0586. The monoisotopic (exact) mass is 263 g/mol. The molecule has 0 amide bonds. The number of benzene rings is 1. The summed E-state index contributed by atoms with van der Waals surface area (Å²) in [5, 5.41) is 4.52. The number of Topliss-reactive ketones (excluding diaryl/α,β-unsaturated/α-hetero) is 1. The first-order chi connectivity index (χ1) is 8.66. The van der Waals surface area contributed by atoms with Gasteiger partial charge in [-0.25, -0.2) is 9.67 Å². The molecule has 6 heteroatoms. The lowest BCUT2D eigenvalue weighted by atomic mass is 9.96. The smallest absolute Gasteiger partial charge is 0.195 e. The topological polar surface area (TPSA) is 57.0 Å². The molecule has 2 unspecified atom stereocenters. The standard InChI is InChI=1S/C12H10ClN3O2/c1-7-11(16-6-14-5-15-16)12(17)9-4-8(13)2-3-10(9)18-7/h2-7,11H,1H3. The third-order valence-corrected chi connectivity index (χ3v) is 3.19. The molecule has 92 valence electrons. The molecular weight excluding hydrogens is 254 g/mol. The summed E-state index contributed by atoms with van der Waals surface area (Å²) in [6, 6.07) is 4.54. The SMILES string of the molecule is CC1Oc2ccc(Cl)cc2C(=O)C1n1cncn1. The molecule has 0 aliphatic carbocycles. The van der Waals surface area contributed by atoms with Gasteiger partial charge < -0.3 is 4.74 Å². The van der Waals surface area contributed by atoms with Gasteiger partial charge in [0, 0.05) is 5.02 Å². The van der Waals surface area contributed by atoms with Gasteiger partial charge >= 0.3 is 0 Å². The van der Waals surface area contributed by atoms with Crippen molar-refractivity contribution in [3.63, 3.8) is 0 Å². The summed E-state index contributed by atoms with van der Waals surface area (Å²) in [7, 11) is 0. The lowest BCUT2D eigenvalue weighted by Crippen LogP contribution is -2.37. The number of rotatable bonds is 1. The number of carbonyl (C=O) groups is 1. The molecule has 1 aromatic carbocycles. The molecule has 18 heavy (non-hydrogen) atoms. The fraction of sp³-hybridized carbons (Fsp3) is 0.250. The van der Waals surface area contributed by atoms with Crippen LogP contribution in [0.15, 0.2) is 30.9 Å². The molecule has 2 aromatic rings. The molecule has 1 aliphatic rings. The fourth-order valence-electron chi connectivity index (χ4n) is 2.13. The maximum absolute atomic E-state index is 12.5. The van der Waals surface area contributed by atoms with E-state index in [4.69, 9.17) is 16.3 Å². The van der Waals surface area contributed by atoms with E-state index in [1.165, 1.54) is 17.3 Å². The van der Waals surface area contributed by atoms with Crippen LogP contribution in [0, 0.1) is 0 Å². The highest BCUT2D eigenvalue weighted by atomic mass is 35.5. The van der Waals surface area contributed by atoms with Crippen LogP contribution in [0.1, 0.15) is 23.3 Å². The van der Waals surface area contributed by atoms with Crippen LogP contribution in [0.2, 0.25) is 5.02 Å². The van der Waals surface area contributed by atoms with E-state index in [9.17, 15) is 4.79 Å². The summed E-state index contributed by atoms with van der Waals surface area (Å²) in [6.45, 7) is 1.84. The van der Waals surface area contributed by atoms with Gasteiger partial charge in [0.05, 0.1) is 5.56 Å². The molecule has 2 atom stereocenters. The van der Waals surface area contributed by atoms with Crippen molar-refractivity contribution in [1.29, 1.82) is 0 Å². The third-order valence-electron chi connectivity index (χ3n) is 2.95. The lowest BCUT2D eigenvalue weighted by molar-refractivity contribution is 0.0697. The number of ether oxygens (including phenoxy) is 1. The van der Waals surface area contributed by atoms with Crippen LogP contribution in [0.25, 0.3) is 0 Å². The highest BCUT2D eigenvalue weighted by molar-refractivity contribution is 6.31. The van der Waals surface area contributed by atoms with Crippen molar-refractivity contribution in [3.8, 4) is 5.75 Å². The largest absolute Gasteiger partial charge is 0.487 e. The minimum Gasteiger partial charge on any atom is -0.487 e. The second-order valence-electron chi connectivity index (χ2n) is 4.15. The van der Waals surface area contributed by atoms with Crippen LogP contribution in [-0.2, 0) is 0 Å². The zero-order valence-electron chi connectivity index (χ0n) is 9.58. The van der Waals surface area contributed by atoms with Gasteiger partial charge in [0.1, 0.15) is 24.5 Å². The number of aromatic nitrogens is 3. The second kappa shape index (κ2) is 4.10. The first-order valence-corrected chi connectivity index (χ1v) is 5.89. The van der Waals surface area contributed by atoms with Crippen LogP contribution < -0.4 is 4.74 Å². The van der Waals surface area contributed by atoms with Crippen LogP contribution in [0.5, 0.6) is 5.75 Å². The molecule has 1 aliphatic heterocycles. The van der Waals surface area contributed by atoms with E-state index in [2.05, 4.69) is 10.1 Å². The van der Waals surface area contributed by atoms with Crippen LogP contribution in [0.4, 0.5) is 0 Å². The summed E-state index contributed by atoms with van der Waals surface area (Å²) >= 11 is 5.91. The number of fused-ring (bicyclic) bond motifs is 1. The Kier molecular flexibility index (Phi) is 2.56. The van der Waals surface area contributed by atoms with Gasteiger partial charge in [-0.2, -0.15) is 5.10 Å². The van der Waals surface area contributed by atoms with E-state index >= 15 is 0 Å². The van der Waals surface area contributed by atoms with Crippen molar-refractivity contribution in [1.82, 2.24) is 14.8 Å². The molecule has 0 saturated carbocycles. The van der Waals surface area contributed by atoms with Crippen molar-refractivity contribution in [2.45, 2.75) is 19.1 Å². The van der Waals surface area contributed by atoms with Gasteiger partial charge in [0.15, 0.2) is 11.8 Å². The average Bonchev–Trinajstić information content (AvgIpc) is 2.84. The Morgan fingerprint density at radius 3 is 3.00 bits per heavy atom. The first kappa shape index (κ1) is 11.2. The van der Waals surface area contributed by atoms with Crippen molar-refractivity contribution in [2.24, 2.45) is 0 Å². The molecule has 0 N–H and O–H groups in total. The minimum atomic E-state index is -0.501. The van der Waals surface area contributed by atoms with Gasteiger partial charge in [-0.15, -0.1) is 0 Å². The lowest BCUT2D eigenvalue weighted by Gasteiger charge is -2.30. The Balaban J connectivity index is 2.08. The summed E-state index contributed by atoms with van der Waals surface area (Å²) in [5.41, 5.74) is 0.487. The van der Waals surface area contributed by atoms with Crippen molar-refractivity contribution < 1.29 is 9.53 Å². The second-order valence-corrected chi connectivity index (χ2v) is 4.58. The molecule has 5 nitrogen and oxygen atoms in total. The van der Waals surface area contributed by atoms with Gasteiger partial charge in [0.2, 0.25) is 0 Å². The van der Waals surface area contributed by atoms with E-state index < -0.39 is 6.04 Å². The molecule has 2 heterocycles. The number of hydrogen-bond donors (Lipinski definition) is 0. The molecule has 3 rings (SSSR count). The molecular formula is C12H10ClN3O2. The normalized spacial score (nSPS) is 22.4. The molecule has 1 aromatic heterocycles. The van der Waals surface area contributed by atoms with Gasteiger partial charge in [-0.1, -0.05) is 11.6 Å². The van der Waals surface area contributed by atoms with Crippen LogP contribution in [0.3, 0.4) is 0 Å². The highest BCUT2D eigenvalue weighted by Gasteiger charge is 2.36. The molecule has 0 radical (unpaired) electrons. The van der Waals surface area contributed by atoms with E-state index in [0.29, 0.717) is 16.3 Å². The third kappa shape index (κ3) is 1.67. The first-order valence-electron chi connectivity index (χ1n) is 5.51. The number of hydrogen-bond acceptors (Lipinski definition) is 4. The molecule has 0 bridgehead atoms. The van der Waals surface area contributed by atoms with Gasteiger partial charge in [-0.3, -0.25) is 4.79 Å². The maximum atomic E-state index is 12.5. The number of ketones is 1. The number of nitrogens with zero attached hydrogens (tertiary/aromatic N) is 3. The summed E-state index contributed by atoms with van der Waals surface area (Å²) in [5.74, 6) is 0.505. The summed E-state index contributed by atoms with van der Waals surface area (Å²) < 4.78 is 7.24. The summed E-state index contributed by atoms with van der Waals surface area (Å²) in [4.78, 5) is 16.3. The molecule has 0 spiro atoms. The predicted octanol–water partition coefficient (Wildman–Crippen LogP) is 2.14. The van der Waals surface area contributed by atoms with Crippen molar-refractivity contribution in [2.75, 3.05) is 0 Å². The average molecular weight is 264 g/mol. The zero-order chi connectivity index (χ0) is 12.7. The van der Waals surface area contributed by atoms with Crippen molar-refractivity contribution in [3.05, 3.63) is 41.4 Å². The Bertz CT molecular complexity index is 597. The maximum Gasteiger partial charge on any atom is 0.195 e. The summed E-state index contributed by atoms with van der Waals surface area (Å²) in [6.07, 6.45) is 2.61.